The molecule has 2 rings (SSSR count). The molecule has 0 fully saturated rings. The zero-order valence-corrected chi connectivity index (χ0v) is 17.3. The number of nitrogens with one attached hydrogen (secondary N) is 3. The summed E-state index contributed by atoms with van der Waals surface area (Å²) in [5.41, 5.74) is 4.94. The van der Waals surface area contributed by atoms with Gasteiger partial charge in [-0.2, -0.15) is 31.8 Å². The van der Waals surface area contributed by atoms with E-state index in [9.17, 15) is 35.8 Å². The fourth-order valence-electron chi connectivity index (χ4n) is 2.13. The first-order chi connectivity index (χ1) is 14.4. The summed E-state index contributed by atoms with van der Waals surface area (Å²) in [5.74, 6) is -0.488. The fourth-order valence-corrected chi connectivity index (χ4v) is 3.27. The van der Waals surface area contributed by atoms with Gasteiger partial charge < -0.3 is 31.6 Å². The van der Waals surface area contributed by atoms with Gasteiger partial charge in [0.1, 0.15) is 17.3 Å². The van der Waals surface area contributed by atoms with Crippen LogP contribution >= 0.6 is 0 Å². The molecule has 1 heterocycles. The first-order valence-corrected chi connectivity index (χ1v) is 11.3. The molecule has 0 spiro atoms. The SMILES string of the molecule is NCCNc1nc(NCC(O)C=O)nc(Nc2cc(S(=O)(=O)O)ccc2S(=O)(=O)O)n1. The van der Waals surface area contributed by atoms with E-state index in [-0.39, 0.29) is 43.8 Å². The number of aromatic nitrogens is 3. The van der Waals surface area contributed by atoms with Crippen LogP contribution in [0.25, 0.3) is 0 Å². The molecule has 15 nitrogen and oxygen atoms in total. The van der Waals surface area contributed by atoms with Gasteiger partial charge in [0.05, 0.1) is 17.1 Å². The number of aliphatic hydroxyl groups excluding tert-OH is 1. The molecule has 170 valence electrons. The number of carbonyl (C=O) groups is 1. The average molecular weight is 477 g/mol. The van der Waals surface area contributed by atoms with E-state index in [2.05, 4.69) is 30.9 Å². The van der Waals surface area contributed by atoms with Crippen molar-refractivity contribution in [1.29, 1.82) is 0 Å². The second kappa shape index (κ2) is 9.90. The molecular formula is C14H19N7O8S2. The summed E-state index contributed by atoms with van der Waals surface area (Å²) >= 11 is 0. The largest absolute Gasteiger partial charge is 0.384 e. The third kappa shape index (κ3) is 7.05. The maximum Gasteiger partial charge on any atom is 0.296 e. The van der Waals surface area contributed by atoms with E-state index in [1.807, 2.05) is 0 Å². The quantitative estimate of drug-likeness (QED) is 0.143. The van der Waals surface area contributed by atoms with Crippen molar-refractivity contribution < 1.29 is 35.8 Å². The molecule has 2 aromatic rings. The van der Waals surface area contributed by atoms with Gasteiger partial charge in [0.2, 0.25) is 17.8 Å². The van der Waals surface area contributed by atoms with Crippen LogP contribution in [-0.2, 0) is 25.0 Å². The van der Waals surface area contributed by atoms with Crippen LogP contribution in [-0.4, -0.2) is 78.0 Å². The minimum atomic E-state index is -4.80. The van der Waals surface area contributed by atoms with Gasteiger partial charge >= 0.3 is 0 Å². The molecule has 0 aliphatic rings. The summed E-state index contributed by atoms with van der Waals surface area (Å²) in [7, 11) is -9.50. The van der Waals surface area contributed by atoms with Crippen molar-refractivity contribution >= 4 is 50.1 Å². The lowest BCUT2D eigenvalue weighted by atomic mass is 10.3. The van der Waals surface area contributed by atoms with E-state index in [0.29, 0.717) is 0 Å². The molecule has 31 heavy (non-hydrogen) atoms. The minimum absolute atomic E-state index is 0.0367. The molecule has 1 aromatic heterocycles. The third-order valence-electron chi connectivity index (χ3n) is 3.46. The molecule has 1 aromatic carbocycles. The molecule has 0 amide bonds. The lowest BCUT2D eigenvalue weighted by Gasteiger charge is -2.13. The third-order valence-corrected chi connectivity index (χ3v) is 5.22. The predicted molar refractivity (Wildman–Crippen MR) is 107 cm³/mol. The lowest BCUT2D eigenvalue weighted by molar-refractivity contribution is -0.114. The minimum Gasteiger partial charge on any atom is -0.384 e. The molecular weight excluding hydrogens is 458 g/mol. The average Bonchev–Trinajstić information content (AvgIpc) is 2.68. The van der Waals surface area contributed by atoms with Crippen molar-refractivity contribution in [2.75, 3.05) is 35.6 Å². The second-order valence-electron chi connectivity index (χ2n) is 5.84. The molecule has 0 aliphatic carbocycles. The number of aldehydes is 1. The van der Waals surface area contributed by atoms with Gasteiger partial charge in [0, 0.05) is 13.1 Å². The smallest absolute Gasteiger partial charge is 0.296 e. The Bertz CT molecular complexity index is 1160. The monoisotopic (exact) mass is 477 g/mol. The number of rotatable bonds is 11. The standard InChI is InChI=1S/C14H19N7O8S2/c15-3-4-16-12-19-13(17-6-8(23)7-22)21-14(20-12)18-10-5-9(30(24,25)26)1-2-11(10)31(27,28)29/h1-2,5,7-8,23H,3-4,6,15H2,(H,24,25,26)(H,27,28,29)(H3,16,17,18,19,20,21). The summed E-state index contributed by atoms with van der Waals surface area (Å²) in [6, 6.07) is 2.28. The fraction of sp³-hybridized carbons (Fsp3) is 0.286. The van der Waals surface area contributed by atoms with Crippen LogP contribution in [0.1, 0.15) is 0 Å². The summed E-state index contributed by atoms with van der Waals surface area (Å²) in [4.78, 5) is 21.0. The van der Waals surface area contributed by atoms with Gasteiger partial charge in [-0.25, -0.2) is 0 Å². The van der Waals surface area contributed by atoms with E-state index in [1.54, 1.807) is 0 Å². The Balaban J connectivity index is 2.51. The van der Waals surface area contributed by atoms with Crippen LogP contribution < -0.4 is 21.7 Å². The zero-order chi connectivity index (χ0) is 23.2. The Morgan fingerprint density at radius 2 is 1.61 bits per heavy atom. The van der Waals surface area contributed by atoms with Crippen molar-refractivity contribution in [1.82, 2.24) is 15.0 Å². The number of nitrogens with zero attached hydrogens (tertiary/aromatic N) is 3. The molecule has 0 aliphatic heterocycles. The number of nitrogens with two attached hydrogens (primary N) is 1. The van der Waals surface area contributed by atoms with E-state index >= 15 is 0 Å². The molecule has 0 bridgehead atoms. The van der Waals surface area contributed by atoms with Crippen LogP contribution in [0.5, 0.6) is 0 Å². The highest BCUT2D eigenvalue weighted by atomic mass is 32.2. The van der Waals surface area contributed by atoms with Crippen LogP contribution in [0.15, 0.2) is 28.0 Å². The number of aliphatic hydroxyl groups is 1. The Morgan fingerprint density at radius 1 is 1.00 bits per heavy atom. The maximum absolute atomic E-state index is 11.6. The van der Waals surface area contributed by atoms with Crippen LogP contribution in [0.3, 0.4) is 0 Å². The number of anilines is 4. The normalized spacial score (nSPS) is 12.8. The van der Waals surface area contributed by atoms with Gasteiger partial charge in [0.15, 0.2) is 0 Å². The first-order valence-electron chi connectivity index (χ1n) is 8.37. The summed E-state index contributed by atoms with van der Waals surface area (Å²) in [5, 5.41) is 17.1. The number of benzene rings is 1. The van der Waals surface area contributed by atoms with Gasteiger partial charge in [-0.3, -0.25) is 9.11 Å². The van der Waals surface area contributed by atoms with Gasteiger partial charge in [-0.15, -0.1) is 0 Å². The summed E-state index contributed by atoms with van der Waals surface area (Å²) in [6.45, 7) is 0.205. The molecule has 1 unspecified atom stereocenters. The van der Waals surface area contributed by atoms with Crippen molar-refractivity contribution in [3.8, 4) is 0 Å². The lowest BCUT2D eigenvalue weighted by Crippen LogP contribution is -2.22. The van der Waals surface area contributed by atoms with Crippen LogP contribution in [0.2, 0.25) is 0 Å². The number of hydrogen-bond donors (Lipinski definition) is 7. The molecule has 17 heteroatoms. The van der Waals surface area contributed by atoms with E-state index in [0.717, 1.165) is 18.2 Å². The van der Waals surface area contributed by atoms with Crippen molar-refractivity contribution in [3.05, 3.63) is 18.2 Å². The highest BCUT2D eigenvalue weighted by Gasteiger charge is 2.21. The summed E-state index contributed by atoms with van der Waals surface area (Å²) < 4.78 is 64.7. The van der Waals surface area contributed by atoms with Crippen LogP contribution in [0, 0.1) is 0 Å². The van der Waals surface area contributed by atoms with Crippen LogP contribution in [0.4, 0.5) is 23.5 Å². The maximum atomic E-state index is 11.6. The Kier molecular flexibility index (Phi) is 7.76. The highest BCUT2D eigenvalue weighted by Crippen LogP contribution is 2.27. The van der Waals surface area contributed by atoms with Gasteiger partial charge in [-0.1, -0.05) is 0 Å². The molecule has 0 radical (unpaired) electrons. The number of hydrogen-bond acceptors (Lipinski definition) is 13. The topological polar surface area (TPSA) is 247 Å². The molecule has 8 N–H and O–H groups in total. The van der Waals surface area contributed by atoms with Gasteiger partial charge in [0.25, 0.3) is 20.2 Å². The Labute approximate surface area is 176 Å². The van der Waals surface area contributed by atoms with E-state index in [4.69, 9.17) is 5.73 Å². The Morgan fingerprint density at radius 3 is 2.16 bits per heavy atom. The predicted octanol–water partition coefficient (Wildman–Crippen LogP) is -1.55. The second-order valence-corrected chi connectivity index (χ2v) is 8.65. The summed E-state index contributed by atoms with van der Waals surface area (Å²) in [6.07, 6.45) is -1.08. The number of carbonyl (C=O) groups excluding carboxylic acids is 1. The Hall–Kier alpha value is -2.96. The highest BCUT2D eigenvalue weighted by molar-refractivity contribution is 7.86. The van der Waals surface area contributed by atoms with Crippen molar-refractivity contribution in [3.63, 3.8) is 0 Å². The molecule has 0 saturated heterocycles. The van der Waals surface area contributed by atoms with Crippen molar-refractivity contribution in [2.24, 2.45) is 5.73 Å². The zero-order valence-electron chi connectivity index (χ0n) is 15.6. The van der Waals surface area contributed by atoms with E-state index < -0.39 is 41.8 Å². The first kappa shape index (κ1) is 24.3. The van der Waals surface area contributed by atoms with E-state index in [1.165, 1.54) is 0 Å². The molecule has 1 atom stereocenters. The van der Waals surface area contributed by atoms with Crippen molar-refractivity contribution in [2.45, 2.75) is 15.9 Å². The molecule has 0 saturated carbocycles. The van der Waals surface area contributed by atoms with Gasteiger partial charge in [-0.05, 0) is 18.2 Å².